The van der Waals surface area contributed by atoms with E-state index in [0.29, 0.717) is 12.8 Å². The Balaban J connectivity index is 2.73. The topological polar surface area (TPSA) is 79.3 Å². The highest BCUT2D eigenvalue weighted by Crippen LogP contribution is 2.01. The van der Waals surface area contributed by atoms with Crippen molar-refractivity contribution >= 4 is 11.9 Å². The second-order valence-electron chi connectivity index (χ2n) is 3.82. The minimum atomic E-state index is -1.02. The lowest BCUT2D eigenvalue weighted by molar-refractivity contribution is -0.139. The number of nitrogens with one attached hydrogen (secondary N) is 1. The average molecular weight is 236 g/mol. The Morgan fingerprint density at radius 1 is 1.47 bits per heavy atom. The zero-order valence-electron chi connectivity index (χ0n) is 9.93. The van der Waals surface area contributed by atoms with Gasteiger partial charge in [0.25, 0.3) is 5.91 Å². The lowest BCUT2D eigenvalue weighted by Crippen LogP contribution is -2.41. The molecule has 1 amide bonds. The van der Waals surface area contributed by atoms with Crippen molar-refractivity contribution in [3.05, 3.63) is 29.6 Å². The average Bonchev–Trinajstić information content (AvgIpc) is 2.28. The van der Waals surface area contributed by atoms with Gasteiger partial charge in [-0.2, -0.15) is 0 Å². The van der Waals surface area contributed by atoms with E-state index in [1.165, 1.54) is 0 Å². The van der Waals surface area contributed by atoms with Gasteiger partial charge >= 0.3 is 5.97 Å². The maximum atomic E-state index is 11.7. The Kier molecular flexibility index (Phi) is 4.63. The molecule has 0 aliphatic carbocycles. The largest absolute Gasteiger partial charge is 0.480 e. The third-order valence-corrected chi connectivity index (χ3v) is 2.30. The normalized spacial score (nSPS) is 11.9. The van der Waals surface area contributed by atoms with E-state index >= 15 is 0 Å². The first-order chi connectivity index (χ1) is 8.04. The van der Waals surface area contributed by atoms with Crippen molar-refractivity contribution < 1.29 is 14.7 Å². The van der Waals surface area contributed by atoms with Crippen molar-refractivity contribution in [3.8, 4) is 0 Å². The summed E-state index contributed by atoms with van der Waals surface area (Å²) in [4.78, 5) is 26.7. The first kappa shape index (κ1) is 13.2. The van der Waals surface area contributed by atoms with Gasteiger partial charge in [0.05, 0.1) is 0 Å². The maximum absolute atomic E-state index is 11.7. The Labute approximate surface area is 99.9 Å². The molecule has 0 bridgehead atoms. The number of hydrogen-bond acceptors (Lipinski definition) is 3. The lowest BCUT2D eigenvalue weighted by atomic mass is 10.1. The number of aryl methyl sites for hydroxylation is 1. The molecule has 1 heterocycles. The van der Waals surface area contributed by atoms with Gasteiger partial charge in [0.2, 0.25) is 0 Å². The summed E-state index contributed by atoms with van der Waals surface area (Å²) in [6.07, 6.45) is 1.10. The third-order valence-electron chi connectivity index (χ3n) is 2.30. The third kappa shape index (κ3) is 3.86. The van der Waals surface area contributed by atoms with E-state index in [1.807, 2.05) is 6.92 Å². The number of carboxylic acid groups (broad SMARTS) is 1. The van der Waals surface area contributed by atoms with Crippen LogP contribution in [0.3, 0.4) is 0 Å². The van der Waals surface area contributed by atoms with E-state index in [1.54, 1.807) is 25.1 Å². The number of pyridine rings is 1. The van der Waals surface area contributed by atoms with Crippen LogP contribution in [-0.2, 0) is 4.79 Å². The molecule has 1 atom stereocenters. The predicted molar refractivity (Wildman–Crippen MR) is 62.8 cm³/mol. The van der Waals surface area contributed by atoms with Crippen LogP contribution in [0.1, 0.15) is 35.9 Å². The zero-order chi connectivity index (χ0) is 12.8. The fourth-order valence-corrected chi connectivity index (χ4v) is 1.45. The number of carbonyl (C=O) groups excluding carboxylic acids is 1. The fraction of sp³-hybridized carbons (Fsp3) is 0.417. The lowest BCUT2D eigenvalue weighted by Gasteiger charge is -2.13. The predicted octanol–water partition coefficient (Wildman–Crippen LogP) is 1.37. The van der Waals surface area contributed by atoms with E-state index in [2.05, 4.69) is 10.3 Å². The summed E-state index contributed by atoms with van der Waals surface area (Å²) in [5, 5.41) is 11.4. The number of rotatable bonds is 5. The quantitative estimate of drug-likeness (QED) is 0.809. The van der Waals surface area contributed by atoms with Crippen LogP contribution in [0.25, 0.3) is 0 Å². The second kappa shape index (κ2) is 5.98. The minimum Gasteiger partial charge on any atom is -0.480 e. The number of carbonyl (C=O) groups is 2. The van der Waals surface area contributed by atoms with Crippen LogP contribution in [0.2, 0.25) is 0 Å². The van der Waals surface area contributed by atoms with Gasteiger partial charge in [-0.1, -0.05) is 19.4 Å². The number of nitrogens with zero attached hydrogens (tertiary/aromatic N) is 1. The van der Waals surface area contributed by atoms with Crippen molar-refractivity contribution in [2.24, 2.45) is 0 Å². The summed E-state index contributed by atoms with van der Waals surface area (Å²) in [5.41, 5.74) is 0.965. The molecule has 0 fully saturated rings. The molecule has 1 aromatic rings. The van der Waals surface area contributed by atoms with Gasteiger partial charge in [0.1, 0.15) is 11.7 Å². The molecular formula is C12H16N2O3. The van der Waals surface area contributed by atoms with Crippen molar-refractivity contribution in [3.63, 3.8) is 0 Å². The summed E-state index contributed by atoms with van der Waals surface area (Å²) in [6, 6.07) is 4.20. The number of hydrogen-bond donors (Lipinski definition) is 2. The molecule has 17 heavy (non-hydrogen) atoms. The molecule has 1 aromatic heterocycles. The van der Waals surface area contributed by atoms with Crippen LogP contribution in [0.5, 0.6) is 0 Å². The van der Waals surface area contributed by atoms with Gasteiger partial charge in [-0.25, -0.2) is 9.78 Å². The first-order valence-electron chi connectivity index (χ1n) is 5.52. The smallest absolute Gasteiger partial charge is 0.326 e. The number of aliphatic carboxylic acids is 1. The molecule has 2 N–H and O–H groups in total. The molecule has 5 nitrogen and oxygen atoms in total. The maximum Gasteiger partial charge on any atom is 0.326 e. The van der Waals surface area contributed by atoms with Crippen molar-refractivity contribution in [1.82, 2.24) is 10.3 Å². The summed E-state index contributed by atoms with van der Waals surface area (Å²) in [7, 11) is 0. The van der Waals surface area contributed by atoms with Crippen LogP contribution in [-0.4, -0.2) is 28.0 Å². The molecule has 92 valence electrons. The molecule has 0 spiro atoms. The van der Waals surface area contributed by atoms with Gasteiger partial charge in [-0.3, -0.25) is 4.79 Å². The molecular weight excluding hydrogens is 220 g/mol. The van der Waals surface area contributed by atoms with E-state index in [-0.39, 0.29) is 5.69 Å². The Bertz CT molecular complexity index is 418. The second-order valence-corrected chi connectivity index (χ2v) is 3.82. The summed E-state index contributed by atoms with van der Waals surface area (Å²) in [5.74, 6) is -1.47. The molecule has 5 heteroatoms. The van der Waals surface area contributed by atoms with Crippen molar-refractivity contribution in [1.29, 1.82) is 0 Å². The summed E-state index contributed by atoms with van der Waals surface area (Å²) in [6.45, 7) is 3.64. The molecule has 0 unspecified atom stereocenters. The minimum absolute atomic E-state index is 0.243. The van der Waals surface area contributed by atoms with Crippen LogP contribution in [0.4, 0.5) is 0 Å². The van der Waals surface area contributed by atoms with E-state index in [0.717, 1.165) is 5.69 Å². The molecule has 0 aliphatic heterocycles. The van der Waals surface area contributed by atoms with Crippen molar-refractivity contribution in [2.45, 2.75) is 32.7 Å². The van der Waals surface area contributed by atoms with Gasteiger partial charge in [-0.15, -0.1) is 0 Å². The van der Waals surface area contributed by atoms with Gasteiger partial charge in [-0.05, 0) is 25.5 Å². The molecule has 0 saturated carbocycles. The monoisotopic (exact) mass is 236 g/mol. The number of carboxylic acids is 1. The molecule has 0 radical (unpaired) electrons. The van der Waals surface area contributed by atoms with Gasteiger partial charge < -0.3 is 10.4 Å². The Hall–Kier alpha value is -1.91. The van der Waals surface area contributed by atoms with Gasteiger partial charge in [0, 0.05) is 5.69 Å². The van der Waals surface area contributed by atoms with Crippen LogP contribution in [0.15, 0.2) is 18.2 Å². The molecule has 1 rings (SSSR count). The molecule has 0 aliphatic rings. The fourth-order valence-electron chi connectivity index (χ4n) is 1.45. The Morgan fingerprint density at radius 3 is 2.71 bits per heavy atom. The highest BCUT2D eigenvalue weighted by Gasteiger charge is 2.20. The first-order valence-corrected chi connectivity index (χ1v) is 5.52. The Morgan fingerprint density at radius 2 is 2.18 bits per heavy atom. The zero-order valence-corrected chi connectivity index (χ0v) is 9.93. The number of aromatic nitrogens is 1. The summed E-state index contributed by atoms with van der Waals surface area (Å²) < 4.78 is 0. The van der Waals surface area contributed by atoms with Crippen LogP contribution in [0, 0.1) is 6.92 Å². The van der Waals surface area contributed by atoms with Crippen LogP contribution >= 0.6 is 0 Å². The molecule has 0 saturated heterocycles. The van der Waals surface area contributed by atoms with E-state index < -0.39 is 17.9 Å². The molecule has 0 aromatic carbocycles. The van der Waals surface area contributed by atoms with Crippen LogP contribution < -0.4 is 5.32 Å². The summed E-state index contributed by atoms with van der Waals surface area (Å²) >= 11 is 0. The van der Waals surface area contributed by atoms with Gasteiger partial charge in [0.15, 0.2) is 0 Å². The SMILES string of the molecule is CCC[C@H](NC(=O)c1cccc(C)n1)C(=O)O. The van der Waals surface area contributed by atoms with E-state index in [9.17, 15) is 9.59 Å². The van der Waals surface area contributed by atoms with E-state index in [4.69, 9.17) is 5.11 Å². The van der Waals surface area contributed by atoms with Crippen molar-refractivity contribution in [2.75, 3.05) is 0 Å². The standard InChI is InChI=1S/C12H16N2O3/c1-3-5-10(12(16)17)14-11(15)9-7-4-6-8(2)13-9/h4,6-7,10H,3,5H2,1-2H3,(H,14,15)(H,16,17)/t10-/m0/s1. The highest BCUT2D eigenvalue weighted by molar-refractivity contribution is 5.94. The highest BCUT2D eigenvalue weighted by atomic mass is 16.4. The number of amides is 1.